The van der Waals surface area contributed by atoms with Crippen molar-refractivity contribution in [3.8, 4) is 0 Å². The lowest BCUT2D eigenvalue weighted by Gasteiger charge is -2.37. The number of hydrogen-bond acceptors (Lipinski definition) is 5. The molecule has 1 aliphatic heterocycles. The summed E-state index contributed by atoms with van der Waals surface area (Å²) in [6, 6.07) is 9.49. The average Bonchev–Trinajstić information content (AvgIpc) is 3.13. The summed E-state index contributed by atoms with van der Waals surface area (Å²) < 4.78 is 28.4. The van der Waals surface area contributed by atoms with Gasteiger partial charge in [-0.3, -0.25) is 4.90 Å². The molecule has 1 atom stereocenters. The van der Waals surface area contributed by atoms with Gasteiger partial charge in [-0.1, -0.05) is 12.1 Å². The van der Waals surface area contributed by atoms with Crippen LogP contribution in [0.4, 0.5) is 0 Å². The molecule has 1 N–H and O–H groups in total. The Morgan fingerprint density at radius 2 is 1.85 bits per heavy atom. The molecule has 0 radical (unpaired) electrons. The van der Waals surface area contributed by atoms with Crippen molar-refractivity contribution in [2.45, 2.75) is 24.8 Å². The minimum atomic E-state index is -3.52. The maximum absolute atomic E-state index is 12.8. The van der Waals surface area contributed by atoms with Crippen molar-refractivity contribution in [3.63, 3.8) is 0 Å². The van der Waals surface area contributed by atoms with Crippen molar-refractivity contribution >= 4 is 21.4 Å². The molecule has 1 aliphatic rings. The zero-order valence-electron chi connectivity index (χ0n) is 15.6. The molecule has 0 aliphatic carbocycles. The molecular weight excluding hydrogens is 366 g/mol. The Hall–Kier alpha value is -1.25. The minimum Gasteiger partial charge on any atom is -0.304 e. The Morgan fingerprint density at radius 3 is 2.46 bits per heavy atom. The third-order valence-electron chi connectivity index (χ3n) is 5.11. The van der Waals surface area contributed by atoms with Gasteiger partial charge in [-0.15, -0.1) is 11.3 Å². The van der Waals surface area contributed by atoms with Crippen LogP contribution < -0.4 is 4.72 Å². The molecule has 2 heterocycles. The predicted octanol–water partition coefficient (Wildman–Crippen LogP) is 2.63. The molecule has 0 amide bonds. The van der Waals surface area contributed by atoms with Crippen LogP contribution >= 0.6 is 11.3 Å². The Kier molecular flexibility index (Phi) is 6.14. The molecule has 1 saturated heterocycles. The summed E-state index contributed by atoms with van der Waals surface area (Å²) in [7, 11) is -1.39. The first-order valence-corrected chi connectivity index (χ1v) is 11.3. The number of benzene rings is 1. The Morgan fingerprint density at radius 1 is 1.12 bits per heavy atom. The van der Waals surface area contributed by atoms with E-state index in [2.05, 4.69) is 33.0 Å². The van der Waals surface area contributed by atoms with Crippen LogP contribution in [0.25, 0.3) is 0 Å². The number of sulfonamides is 1. The maximum Gasteiger partial charge on any atom is 0.240 e. The summed E-state index contributed by atoms with van der Waals surface area (Å²) >= 11 is 1.69. The molecule has 1 aromatic heterocycles. The molecule has 1 fully saturated rings. The van der Waals surface area contributed by atoms with Crippen molar-refractivity contribution in [3.05, 3.63) is 51.7 Å². The average molecular weight is 394 g/mol. The molecule has 142 valence electrons. The fourth-order valence-corrected chi connectivity index (χ4v) is 5.16. The predicted molar refractivity (Wildman–Crippen MR) is 107 cm³/mol. The summed E-state index contributed by atoms with van der Waals surface area (Å²) in [5.41, 5.74) is 2.08. The first-order chi connectivity index (χ1) is 12.4. The van der Waals surface area contributed by atoms with Gasteiger partial charge in [0.2, 0.25) is 10.0 Å². The molecule has 2 aromatic rings. The van der Waals surface area contributed by atoms with Crippen molar-refractivity contribution in [1.29, 1.82) is 0 Å². The van der Waals surface area contributed by atoms with E-state index in [0.717, 1.165) is 37.3 Å². The molecule has 3 rings (SSSR count). The minimum absolute atomic E-state index is 0.0741. The van der Waals surface area contributed by atoms with Crippen LogP contribution in [-0.4, -0.2) is 58.0 Å². The van der Waals surface area contributed by atoms with E-state index in [1.165, 1.54) is 4.88 Å². The van der Waals surface area contributed by atoms with Gasteiger partial charge in [-0.2, -0.15) is 0 Å². The second kappa shape index (κ2) is 8.19. The van der Waals surface area contributed by atoms with E-state index in [1.807, 2.05) is 26.0 Å². The van der Waals surface area contributed by atoms with E-state index in [1.54, 1.807) is 23.5 Å². The molecule has 26 heavy (non-hydrogen) atoms. The standard InChI is InChI=1S/C19H27N3O2S2/c1-15-6-7-17(13-16(15)2)26(23,24)20-14-18(19-5-4-12-25-19)22-10-8-21(3)9-11-22/h4-7,12-13,18,20H,8-11,14H2,1-3H3. The molecule has 0 bridgehead atoms. The van der Waals surface area contributed by atoms with Gasteiger partial charge in [0.1, 0.15) is 0 Å². The van der Waals surface area contributed by atoms with Crippen LogP contribution in [0.5, 0.6) is 0 Å². The topological polar surface area (TPSA) is 52.7 Å². The number of thiophene rings is 1. The highest BCUT2D eigenvalue weighted by Gasteiger charge is 2.26. The van der Waals surface area contributed by atoms with E-state index in [0.29, 0.717) is 11.4 Å². The van der Waals surface area contributed by atoms with E-state index in [9.17, 15) is 8.42 Å². The van der Waals surface area contributed by atoms with Gasteiger partial charge < -0.3 is 4.90 Å². The van der Waals surface area contributed by atoms with Crippen LogP contribution in [0, 0.1) is 13.8 Å². The normalized spacial score (nSPS) is 18.1. The highest BCUT2D eigenvalue weighted by molar-refractivity contribution is 7.89. The number of nitrogens with one attached hydrogen (secondary N) is 1. The van der Waals surface area contributed by atoms with Crippen molar-refractivity contribution in [2.75, 3.05) is 39.8 Å². The van der Waals surface area contributed by atoms with Crippen LogP contribution in [0.3, 0.4) is 0 Å². The molecule has 0 spiro atoms. The first-order valence-electron chi connectivity index (χ1n) is 8.90. The Balaban J connectivity index is 1.75. The smallest absolute Gasteiger partial charge is 0.240 e. The number of rotatable bonds is 6. The van der Waals surface area contributed by atoms with Gasteiger partial charge >= 0.3 is 0 Å². The summed E-state index contributed by atoms with van der Waals surface area (Å²) in [5, 5.41) is 2.05. The SMILES string of the molecule is Cc1ccc(S(=O)(=O)NCC(c2cccs2)N2CCN(C)CC2)cc1C. The fraction of sp³-hybridized carbons (Fsp3) is 0.474. The van der Waals surface area contributed by atoms with E-state index < -0.39 is 10.0 Å². The van der Waals surface area contributed by atoms with E-state index in [4.69, 9.17) is 0 Å². The van der Waals surface area contributed by atoms with Crippen LogP contribution in [-0.2, 0) is 10.0 Å². The number of likely N-dealkylation sites (N-methyl/N-ethyl adjacent to an activating group) is 1. The van der Waals surface area contributed by atoms with E-state index in [-0.39, 0.29) is 6.04 Å². The molecule has 1 unspecified atom stereocenters. The number of aryl methyl sites for hydroxylation is 2. The highest BCUT2D eigenvalue weighted by Crippen LogP contribution is 2.26. The monoisotopic (exact) mass is 393 g/mol. The molecule has 7 heteroatoms. The lowest BCUT2D eigenvalue weighted by atomic mass is 10.1. The highest BCUT2D eigenvalue weighted by atomic mass is 32.2. The van der Waals surface area contributed by atoms with Gasteiger partial charge in [0.25, 0.3) is 0 Å². The van der Waals surface area contributed by atoms with Gasteiger partial charge in [0, 0.05) is 37.6 Å². The van der Waals surface area contributed by atoms with Gasteiger partial charge in [0.15, 0.2) is 0 Å². The van der Waals surface area contributed by atoms with Gasteiger partial charge in [-0.25, -0.2) is 13.1 Å². The molecule has 5 nitrogen and oxygen atoms in total. The van der Waals surface area contributed by atoms with Crippen LogP contribution in [0.15, 0.2) is 40.6 Å². The Labute approximate surface area is 160 Å². The second-order valence-corrected chi connectivity index (χ2v) is 9.71. The summed E-state index contributed by atoms with van der Waals surface area (Å²) in [4.78, 5) is 6.23. The van der Waals surface area contributed by atoms with Crippen molar-refractivity contribution < 1.29 is 8.42 Å². The summed E-state index contributed by atoms with van der Waals surface area (Å²) in [5.74, 6) is 0. The summed E-state index contributed by atoms with van der Waals surface area (Å²) in [6.45, 7) is 8.22. The zero-order valence-corrected chi connectivity index (χ0v) is 17.2. The van der Waals surface area contributed by atoms with E-state index >= 15 is 0 Å². The van der Waals surface area contributed by atoms with Crippen LogP contribution in [0.2, 0.25) is 0 Å². The maximum atomic E-state index is 12.8. The fourth-order valence-electron chi connectivity index (χ4n) is 3.18. The third kappa shape index (κ3) is 4.53. The van der Waals surface area contributed by atoms with Crippen LogP contribution in [0.1, 0.15) is 22.0 Å². The lowest BCUT2D eigenvalue weighted by molar-refractivity contribution is 0.114. The van der Waals surface area contributed by atoms with Crippen molar-refractivity contribution in [2.24, 2.45) is 0 Å². The van der Waals surface area contributed by atoms with Gasteiger partial charge in [-0.05, 0) is 55.6 Å². The largest absolute Gasteiger partial charge is 0.304 e. The first kappa shape index (κ1) is 19.5. The third-order valence-corrected chi connectivity index (χ3v) is 7.50. The molecule has 1 aromatic carbocycles. The zero-order chi connectivity index (χ0) is 18.7. The second-order valence-electron chi connectivity index (χ2n) is 6.97. The Bertz CT molecular complexity index is 826. The number of piperazine rings is 1. The molecular formula is C19H27N3O2S2. The molecule has 0 saturated carbocycles. The van der Waals surface area contributed by atoms with Crippen molar-refractivity contribution in [1.82, 2.24) is 14.5 Å². The number of hydrogen-bond donors (Lipinski definition) is 1. The quantitative estimate of drug-likeness (QED) is 0.820. The summed E-state index contributed by atoms with van der Waals surface area (Å²) in [6.07, 6.45) is 0. The number of nitrogens with zero attached hydrogens (tertiary/aromatic N) is 2. The van der Waals surface area contributed by atoms with Gasteiger partial charge in [0.05, 0.1) is 10.9 Å². The lowest BCUT2D eigenvalue weighted by Crippen LogP contribution is -2.48.